The van der Waals surface area contributed by atoms with Crippen molar-refractivity contribution in [2.75, 3.05) is 7.11 Å². The lowest BCUT2D eigenvalue weighted by molar-refractivity contribution is -0.159. The highest BCUT2D eigenvalue weighted by Crippen LogP contribution is 2.40. The molecule has 1 aromatic heterocycles. The summed E-state index contributed by atoms with van der Waals surface area (Å²) in [5, 5.41) is 20.6. The lowest BCUT2D eigenvalue weighted by Crippen LogP contribution is -2.20. The molecular weight excluding hydrogens is 436 g/mol. The Morgan fingerprint density at radius 1 is 1.16 bits per heavy atom. The summed E-state index contributed by atoms with van der Waals surface area (Å²) in [6.07, 6.45) is -1.96. The maximum atomic E-state index is 13.7. The average molecular weight is 464 g/mol. The first-order valence-electron chi connectivity index (χ1n) is 10.3. The molecule has 0 saturated carbocycles. The van der Waals surface area contributed by atoms with Crippen LogP contribution in [0.1, 0.15) is 60.2 Å². The standard InChI is InChI=1S/C24H27F2NO4S/c1-5-14(2)17-8-6-15(11-20(17)31-24(3,25)26)18-10-16(7-9-19(18)30-4)23(29)21-12-27-22(13-28)32-21/h6-12,14,23,28-29H,5,13H2,1-4H3/t14?,23-/m1/s1. The van der Waals surface area contributed by atoms with Crippen molar-refractivity contribution in [3.05, 3.63) is 63.6 Å². The van der Waals surface area contributed by atoms with Gasteiger partial charge in [-0.15, -0.1) is 11.3 Å². The molecule has 0 aliphatic heterocycles. The summed E-state index contributed by atoms with van der Waals surface area (Å²) >= 11 is 1.22. The Morgan fingerprint density at radius 2 is 1.91 bits per heavy atom. The number of methoxy groups -OCH3 is 1. The van der Waals surface area contributed by atoms with E-state index < -0.39 is 12.2 Å². The molecule has 5 nitrogen and oxygen atoms in total. The van der Waals surface area contributed by atoms with Crippen LogP contribution in [0.5, 0.6) is 11.5 Å². The van der Waals surface area contributed by atoms with Gasteiger partial charge in [-0.1, -0.05) is 32.0 Å². The summed E-state index contributed by atoms with van der Waals surface area (Å²) in [4.78, 5) is 4.66. The Hall–Kier alpha value is -2.55. The van der Waals surface area contributed by atoms with E-state index in [0.717, 1.165) is 6.42 Å². The van der Waals surface area contributed by atoms with Crippen LogP contribution >= 0.6 is 11.3 Å². The fourth-order valence-corrected chi connectivity index (χ4v) is 4.21. The SMILES string of the molecule is CCC(C)c1ccc(-c2cc([C@@H](O)c3cnc(CO)s3)ccc2OC)cc1OC(C)(F)F. The Balaban J connectivity index is 2.07. The van der Waals surface area contributed by atoms with Crippen LogP contribution in [0.25, 0.3) is 11.1 Å². The minimum absolute atomic E-state index is 0.0449. The topological polar surface area (TPSA) is 71.8 Å². The van der Waals surface area contributed by atoms with E-state index in [-0.39, 0.29) is 18.3 Å². The van der Waals surface area contributed by atoms with Gasteiger partial charge in [-0.3, -0.25) is 0 Å². The molecule has 0 bridgehead atoms. The molecule has 0 amide bonds. The fraction of sp³-hybridized carbons (Fsp3) is 0.375. The van der Waals surface area contributed by atoms with Gasteiger partial charge in [-0.25, -0.2) is 4.98 Å². The molecule has 0 aliphatic rings. The maximum absolute atomic E-state index is 13.7. The predicted molar refractivity (Wildman–Crippen MR) is 120 cm³/mol. The normalized spacial score (nSPS) is 13.6. The zero-order chi connectivity index (χ0) is 23.5. The number of hydrogen-bond donors (Lipinski definition) is 2. The number of aliphatic hydroxyl groups is 2. The number of hydrogen-bond acceptors (Lipinski definition) is 6. The maximum Gasteiger partial charge on any atom is 0.394 e. The number of aliphatic hydroxyl groups excluding tert-OH is 2. The molecular formula is C24H27F2NO4S. The van der Waals surface area contributed by atoms with Crippen LogP contribution in [-0.4, -0.2) is 28.4 Å². The first-order chi connectivity index (χ1) is 15.2. The summed E-state index contributed by atoms with van der Waals surface area (Å²) in [6, 6.07) is 10.4. The fourth-order valence-electron chi connectivity index (χ4n) is 3.42. The van der Waals surface area contributed by atoms with E-state index in [1.165, 1.54) is 24.6 Å². The van der Waals surface area contributed by atoms with Crippen LogP contribution in [-0.2, 0) is 6.61 Å². The Morgan fingerprint density at radius 3 is 2.50 bits per heavy atom. The van der Waals surface area contributed by atoms with E-state index in [9.17, 15) is 19.0 Å². The van der Waals surface area contributed by atoms with Gasteiger partial charge in [-0.2, -0.15) is 8.78 Å². The van der Waals surface area contributed by atoms with Crippen molar-refractivity contribution in [3.8, 4) is 22.6 Å². The van der Waals surface area contributed by atoms with Crippen molar-refractivity contribution < 1.29 is 28.5 Å². The van der Waals surface area contributed by atoms with E-state index in [1.54, 1.807) is 30.3 Å². The van der Waals surface area contributed by atoms with E-state index in [4.69, 9.17) is 9.47 Å². The molecule has 0 radical (unpaired) electrons. The lowest BCUT2D eigenvalue weighted by Gasteiger charge is -2.21. The van der Waals surface area contributed by atoms with Crippen LogP contribution in [0, 0.1) is 0 Å². The van der Waals surface area contributed by atoms with Crippen LogP contribution in [0.2, 0.25) is 0 Å². The third kappa shape index (κ3) is 5.43. The zero-order valence-corrected chi connectivity index (χ0v) is 19.2. The number of rotatable bonds is 9. The highest BCUT2D eigenvalue weighted by atomic mass is 32.1. The lowest BCUT2D eigenvalue weighted by atomic mass is 9.93. The Labute approximate surface area is 190 Å². The molecule has 0 spiro atoms. The van der Waals surface area contributed by atoms with E-state index in [1.807, 2.05) is 19.9 Å². The third-order valence-corrected chi connectivity index (χ3v) is 6.31. The molecule has 0 saturated heterocycles. The second kappa shape index (κ2) is 9.94. The third-order valence-electron chi connectivity index (χ3n) is 5.27. The molecule has 32 heavy (non-hydrogen) atoms. The van der Waals surface area contributed by atoms with Crippen molar-refractivity contribution in [1.82, 2.24) is 4.98 Å². The number of halogens is 2. The molecule has 172 valence electrons. The predicted octanol–water partition coefficient (Wildman–Crippen LogP) is 5.90. The number of nitrogens with zero attached hydrogens (tertiary/aromatic N) is 1. The second-order valence-electron chi connectivity index (χ2n) is 7.65. The van der Waals surface area contributed by atoms with Crippen LogP contribution in [0.15, 0.2) is 42.6 Å². The molecule has 3 aromatic rings. The first-order valence-corrected chi connectivity index (χ1v) is 11.1. The van der Waals surface area contributed by atoms with Crippen molar-refractivity contribution >= 4 is 11.3 Å². The van der Waals surface area contributed by atoms with E-state index in [2.05, 4.69) is 4.98 Å². The number of benzene rings is 2. The van der Waals surface area contributed by atoms with Crippen molar-refractivity contribution in [2.24, 2.45) is 0 Å². The largest absolute Gasteiger partial charge is 0.496 e. The highest BCUT2D eigenvalue weighted by Gasteiger charge is 2.26. The molecule has 2 aromatic carbocycles. The minimum atomic E-state index is -3.32. The van der Waals surface area contributed by atoms with Crippen LogP contribution in [0.4, 0.5) is 8.78 Å². The van der Waals surface area contributed by atoms with Gasteiger partial charge in [0, 0.05) is 18.7 Å². The summed E-state index contributed by atoms with van der Waals surface area (Å²) in [6.45, 7) is 4.47. The Kier molecular flexibility index (Phi) is 7.48. The monoisotopic (exact) mass is 463 g/mol. The number of ether oxygens (including phenoxy) is 2. The van der Waals surface area contributed by atoms with Gasteiger partial charge in [0.1, 0.15) is 22.6 Å². The van der Waals surface area contributed by atoms with Gasteiger partial charge < -0.3 is 19.7 Å². The van der Waals surface area contributed by atoms with Crippen molar-refractivity contribution in [1.29, 1.82) is 0 Å². The number of aromatic nitrogens is 1. The van der Waals surface area contributed by atoms with Gasteiger partial charge in [0.05, 0.1) is 18.6 Å². The molecule has 8 heteroatoms. The Bertz CT molecular complexity index is 1060. The quantitative estimate of drug-likeness (QED) is 0.414. The molecule has 1 heterocycles. The van der Waals surface area contributed by atoms with Crippen molar-refractivity contribution in [3.63, 3.8) is 0 Å². The van der Waals surface area contributed by atoms with Gasteiger partial charge in [0.2, 0.25) is 0 Å². The smallest absolute Gasteiger partial charge is 0.394 e. The van der Waals surface area contributed by atoms with E-state index >= 15 is 0 Å². The summed E-state index contributed by atoms with van der Waals surface area (Å²) in [5.41, 5.74) is 2.55. The van der Waals surface area contributed by atoms with E-state index in [0.29, 0.717) is 44.8 Å². The molecule has 0 aliphatic carbocycles. The minimum Gasteiger partial charge on any atom is -0.496 e. The number of thiazole rings is 1. The summed E-state index contributed by atoms with van der Waals surface area (Å²) < 4.78 is 37.9. The average Bonchev–Trinajstić information content (AvgIpc) is 3.26. The van der Waals surface area contributed by atoms with Gasteiger partial charge in [0.25, 0.3) is 0 Å². The van der Waals surface area contributed by atoms with Gasteiger partial charge in [-0.05, 0) is 47.2 Å². The molecule has 1 unspecified atom stereocenters. The van der Waals surface area contributed by atoms with Crippen molar-refractivity contribution in [2.45, 2.75) is 51.9 Å². The molecule has 2 atom stereocenters. The molecule has 2 N–H and O–H groups in total. The van der Waals surface area contributed by atoms with Gasteiger partial charge in [0.15, 0.2) is 0 Å². The summed E-state index contributed by atoms with van der Waals surface area (Å²) in [7, 11) is 1.52. The van der Waals surface area contributed by atoms with Gasteiger partial charge >= 0.3 is 6.11 Å². The van der Waals surface area contributed by atoms with Crippen LogP contribution < -0.4 is 9.47 Å². The zero-order valence-electron chi connectivity index (χ0n) is 18.4. The highest BCUT2D eigenvalue weighted by molar-refractivity contribution is 7.11. The number of alkyl halides is 2. The first kappa shape index (κ1) is 24.1. The summed E-state index contributed by atoms with van der Waals surface area (Å²) in [5.74, 6) is 0.697. The molecule has 3 rings (SSSR count). The molecule has 0 fully saturated rings. The second-order valence-corrected chi connectivity index (χ2v) is 8.80. The van der Waals surface area contributed by atoms with Crippen LogP contribution in [0.3, 0.4) is 0 Å².